The molecule has 5 heteroatoms. The molecule has 0 aliphatic rings. The van der Waals surface area contributed by atoms with Gasteiger partial charge in [0.1, 0.15) is 0 Å². The van der Waals surface area contributed by atoms with Gasteiger partial charge in [0.2, 0.25) is 0 Å². The fourth-order valence-corrected chi connectivity index (χ4v) is 0.900. The maximum atomic E-state index is 10.3. The van der Waals surface area contributed by atoms with Gasteiger partial charge >= 0.3 is 0 Å². The Kier molecular flexibility index (Phi) is 4.44. The average molecular weight is 200 g/mol. The van der Waals surface area contributed by atoms with E-state index in [1.807, 2.05) is 6.92 Å². The van der Waals surface area contributed by atoms with Crippen LogP contribution in [-0.2, 0) is 0 Å². The van der Waals surface area contributed by atoms with Crippen LogP contribution in [0, 0.1) is 10.1 Å². The van der Waals surface area contributed by atoms with E-state index in [0.717, 1.165) is 5.56 Å². The number of nitro groups is 1. The molecule has 2 N–H and O–H groups in total. The van der Waals surface area contributed by atoms with E-state index in [-0.39, 0.29) is 25.2 Å². The van der Waals surface area contributed by atoms with Crippen molar-refractivity contribution < 1.29 is 4.92 Å². The molecule has 0 fully saturated rings. The molecule has 0 aliphatic heterocycles. The predicted molar refractivity (Wildman–Crippen MR) is 56.1 cm³/mol. The number of hydrogen-bond donors (Lipinski definition) is 1. The van der Waals surface area contributed by atoms with Gasteiger partial charge in [-0.15, -0.1) is 0 Å². The molecule has 1 aromatic rings. The lowest BCUT2D eigenvalue weighted by atomic mass is 10.1. The van der Waals surface area contributed by atoms with Gasteiger partial charge in [-0.1, -0.05) is 12.1 Å². The number of nitrogens with two attached hydrogens (primary N) is 1. The van der Waals surface area contributed by atoms with Crippen LogP contribution in [0.3, 0.4) is 0 Å². The predicted octanol–water partition coefficient (Wildman–Crippen LogP) is 1.73. The number of non-ortho nitro benzene ring substituents is 1. The van der Waals surface area contributed by atoms with E-state index in [0.29, 0.717) is 0 Å². The van der Waals surface area contributed by atoms with Crippen molar-refractivity contribution in [3.63, 3.8) is 0 Å². The van der Waals surface area contributed by atoms with Gasteiger partial charge in [-0.25, -0.2) is 0 Å². The molecule has 0 unspecified atom stereocenters. The summed E-state index contributed by atoms with van der Waals surface area (Å²) in [6.07, 6.45) is 0. The first-order valence-corrected chi connectivity index (χ1v) is 3.61. The third-order valence-corrected chi connectivity index (χ3v) is 1.63. The summed E-state index contributed by atoms with van der Waals surface area (Å²) >= 11 is 0. The largest absolute Gasteiger partial charge is 0.324 e. The summed E-state index contributed by atoms with van der Waals surface area (Å²) in [5.74, 6) is 0. The van der Waals surface area contributed by atoms with Gasteiger partial charge in [0.25, 0.3) is 5.69 Å². The molecule has 13 heavy (non-hydrogen) atoms. The Bertz CT molecular complexity index is 285. The summed E-state index contributed by atoms with van der Waals surface area (Å²) in [4.78, 5) is 9.83. The molecule has 0 bridgehead atoms. The highest BCUT2D eigenvalue weighted by Gasteiger charge is 2.05. The third-order valence-electron chi connectivity index (χ3n) is 1.63. The number of nitro benzene ring substituents is 1. The second-order valence-electron chi connectivity index (χ2n) is 2.64. The fourth-order valence-electron chi connectivity index (χ4n) is 0.900. The normalized spacial score (nSPS) is 11.5. The second kappa shape index (κ2) is 4.84. The third kappa shape index (κ3) is 3.04. The van der Waals surface area contributed by atoms with Crippen LogP contribution in [0.4, 0.5) is 5.69 Å². The molecule has 1 atom stereocenters. The quantitative estimate of drug-likeness (QED) is 0.583. The van der Waals surface area contributed by atoms with Crippen molar-refractivity contribution in [3.8, 4) is 0 Å². The fraction of sp³-hybridized carbons (Fsp3) is 0.250. The molecule has 1 aromatic carbocycles. The summed E-state index contributed by atoms with van der Waals surface area (Å²) in [6, 6.07) is 6.18. The zero-order valence-corrected chi connectivity index (χ0v) is 8.23. The van der Waals surface area contributed by atoms with Gasteiger partial charge < -0.3 is 5.73 Å². The minimum Gasteiger partial charge on any atom is -0.324 e. The highest BCUT2D eigenvalue weighted by Crippen LogP contribution is 2.15. The van der Waals surface area contributed by atoms with Crippen molar-refractivity contribution in [3.05, 3.63) is 39.9 Å². The molecule has 72 valence electrons. The lowest BCUT2D eigenvalue weighted by Gasteiger charge is -2.03. The van der Waals surface area contributed by atoms with Crippen molar-refractivity contribution in [2.45, 2.75) is 13.0 Å². The van der Waals surface area contributed by atoms with Crippen LogP contribution in [0.1, 0.15) is 18.5 Å². The lowest BCUT2D eigenvalue weighted by Crippen LogP contribution is -2.04. The van der Waals surface area contributed by atoms with E-state index in [9.17, 15) is 10.1 Å². The first kappa shape index (κ1) is 11.9. The van der Waals surface area contributed by atoms with Crippen molar-refractivity contribution in [2.75, 3.05) is 0 Å². The average Bonchev–Trinajstić information content (AvgIpc) is 2.04. The molecule has 0 radical (unpaired) electrons. The number of rotatable bonds is 2. The number of nitrogens with zero attached hydrogens (tertiary/aromatic N) is 1. The van der Waals surface area contributed by atoms with Crippen molar-refractivity contribution >= 4 is 19.2 Å². The Morgan fingerprint density at radius 2 is 1.85 bits per heavy atom. The van der Waals surface area contributed by atoms with Gasteiger partial charge in [0.15, 0.2) is 0 Å². The van der Waals surface area contributed by atoms with Gasteiger partial charge in [-0.05, 0) is 12.5 Å². The zero-order chi connectivity index (χ0) is 9.14. The monoisotopic (exact) mass is 200 g/mol. The van der Waals surface area contributed by atoms with Crippen LogP contribution >= 0.6 is 13.5 Å². The maximum Gasteiger partial charge on any atom is 0.269 e. The Morgan fingerprint density at radius 3 is 2.15 bits per heavy atom. The van der Waals surface area contributed by atoms with Crippen LogP contribution in [-0.4, -0.2) is 4.92 Å². The SMILES string of the molecule is C[C@H](N)c1ccc([N+](=O)[O-])cc1.S. The van der Waals surface area contributed by atoms with E-state index in [1.54, 1.807) is 12.1 Å². The van der Waals surface area contributed by atoms with Crippen LogP contribution in [0.25, 0.3) is 0 Å². The molecule has 0 heterocycles. The molecule has 0 spiro atoms. The number of benzene rings is 1. The topological polar surface area (TPSA) is 69.2 Å². The molecule has 0 aliphatic carbocycles. The van der Waals surface area contributed by atoms with Gasteiger partial charge in [0.05, 0.1) is 4.92 Å². The van der Waals surface area contributed by atoms with Gasteiger partial charge in [0, 0.05) is 18.2 Å². The summed E-state index contributed by atoms with van der Waals surface area (Å²) in [5, 5.41) is 10.3. The Labute approximate surface area is 83.3 Å². The zero-order valence-electron chi connectivity index (χ0n) is 7.23. The van der Waals surface area contributed by atoms with Crippen LogP contribution < -0.4 is 5.73 Å². The summed E-state index contributed by atoms with van der Waals surface area (Å²) in [7, 11) is 0. The lowest BCUT2D eigenvalue weighted by molar-refractivity contribution is -0.384. The Hall–Kier alpha value is -1.07. The molecule has 4 nitrogen and oxygen atoms in total. The first-order valence-electron chi connectivity index (χ1n) is 3.61. The van der Waals surface area contributed by atoms with E-state index in [4.69, 9.17) is 5.73 Å². The number of hydrogen-bond acceptors (Lipinski definition) is 3. The molecule has 1 rings (SSSR count). The Morgan fingerprint density at radius 1 is 1.38 bits per heavy atom. The van der Waals surface area contributed by atoms with E-state index in [2.05, 4.69) is 0 Å². The summed E-state index contributed by atoms with van der Waals surface area (Å²) in [6.45, 7) is 1.83. The van der Waals surface area contributed by atoms with E-state index in [1.165, 1.54) is 12.1 Å². The Balaban J connectivity index is 0.00000144. The standard InChI is InChI=1S/C8H10N2O2.H2S/c1-6(9)7-2-4-8(5-3-7)10(11)12;/h2-6H,9H2,1H3;1H2/t6-;/m0./s1. The summed E-state index contributed by atoms with van der Waals surface area (Å²) < 4.78 is 0. The van der Waals surface area contributed by atoms with E-state index < -0.39 is 4.92 Å². The van der Waals surface area contributed by atoms with Gasteiger partial charge in [-0.2, -0.15) is 13.5 Å². The van der Waals surface area contributed by atoms with Crippen LogP contribution in [0.5, 0.6) is 0 Å². The second-order valence-corrected chi connectivity index (χ2v) is 2.64. The van der Waals surface area contributed by atoms with Crippen molar-refractivity contribution in [1.82, 2.24) is 0 Å². The molecule has 0 amide bonds. The van der Waals surface area contributed by atoms with E-state index >= 15 is 0 Å². The maximum absolute atomic E-state index is 10.3. The highest BCUT2D eigenvalue weighted by atomic mass is 32.1. The van der Waals surface area contributed by atoms with Gasteiger partial charge in [-0.3, -0.25) is 10.1 Å². The van der Waals surface area contributed by atoms with Crippen molar-refractivity contribution in [2.24, 2.45) is 5.73 Å². The first-order chi connectivity index (χ1) is 5.61. The van der Waals surface area contributed by atoms with Crippen LogP contribution in [0.2, 0.25) is 0 Å². The molecular formula is C8H12N2O2S. The molecule has 0 aromatic heterocycles. The molecule has 0 saturated heterocycles. The summed E-state index contributed by atoms with van der Waals surface area (Å²) in [5.41, 5.74) is 6.57. The molecular weight excluding hydrogens is 188 g/mol. The van der Waals surface area contributed by atoms with Crippen LogP contribution in [0.15, 0.2) is 24.3 Å². The highest BCUT2D eigenvalue weighted by molar-refractivity contribution is 7.59. The van der Waals surface area contributed by atoms with Crippen molar-refractivity contribution in [1.29, 1.82) is 0 Å². The smallest absolute Gasteiger partial charge is 0.269 e. The minimum atomic E-state index is -0.426. The molecule has 0 saturated carbocycles. The minimum absolute atomic E-state index is 0.